The topological polar surface area (TPSA) is 20.2 Å². The number of hydrogen-bond donors (Lipinski definition) is 1. The van der Waals surface area contributed by atoms with Gasteiger partial charge in [0.05, 0.1) is 11.1 Å². The lowest BCUT2D eigenvalue weighted by molar-refractivity contribution is 0.211. The van der Waals surface area contributed by atoms with Crippen LogP contribution in [0.5, 0.6) is 0 Å². The predicted octanol–water partition coefficient (Wildman–Crippen LogP) is 6.24. The van der Waals surface area contributed by atoms with Crippen LogP contribution < -0.4 is 0 Å². The monoisotopic (exact) mass is 402 g/mol. The molecule has 0 fully saturated rings. The zero-order chi connectivity index (χ0) is 20.5. The highest BCUT2D eigenvalue weighted by molar-refractivity contribution is 6.03. The van der Waals surface area contributed by atoms with Gasteiger partial charge < -0.3 is 5.11 Å². The lowest BCUT2D eigenvalue weighted by Crippen LogP contribution is -2.28. The van der Waals surface area contributed by atoms with Gasteiger partial charge in [-0.05, 0) is 0 Å². The minimum absolute atomic E-state index is 0.649. The first-order valence-corrected chi connectivity index (χ1v) is 7.65. The van der Waals surface area contributed by atoms with Crippen LogP contribution in [0.2, 0.25) is 0 Å². The Morgan fingerprint density at radius 1 is 0.679 bits per heavy atom. The molecule has 4 rings (SSSR count). The molecule has 28 heavy (non-hydrogen) atoms. The average Bonchev–Trinajstić information content (AvgIpc) is 3.02. The van der Waals surface area contributed by atoms with E-state index in [-0.39, 0.29) is 0 Å². The average molecular weight is 402 g/mol. The molecule has 2 aromatic carbocycles. The van der Waals surface area contributed by atoms with Crippen molar-refractivity contribution in [1.82, 2.24) is 0 Å². The molecule has 9 heteroatoms. The van der Waals surface area contributed by atoms with E-state index in [0.29, 0.717) is 0 Å². The third-order valence-corrected chi connectivity index (χ3v) is 4.66. The van der Waals surface area contributed by atoms with Gasteiger partial charge in [0.25, 0.3) is 0 Å². The normalized spacial score (nSPS) is 21.4. The third-order valence-electron chi connectivity index (χ3n) is 4.66. The van der Waals surface area contributed by atoms with Crippen molar-refractivity contribution >= 4 is 11.3 Å². The lowest BCUT2D eigenvalue weighted by atomic mass is 9.79. The summed E-state index contributed by atoms with van der Waals surface area (Å²) in [6.45, 7) is 0. The van der Waals surface area contributed by atoms with E-state index >= 15 is 4.39 Å². The van der Waals surface area contributed by atoms with E-state index in [9.17, 15) is 35.8 Å². The molecule has 0 aliphatic heterocycles. The van der Waals surface area contributed by atoms with Gasteiger partial charge in [-0.3, -0.25) is 0 Å². The van der Waals surface area contributed by atoms with Crippen LogP contribution in [0, 0.1) is 23.3 Å². The molecule has 1 nitrogen and oxygen atoms in total. The quantitative estimate of drug-likeness (QED) is 0.340. The molecule has 0 heterocycles. The SMILES string of the molecule is OC1=C2C(=C(F)C(F)=C(F)C2(F)c2ccccc2)c2c(F)c(F)c(F)c(F)c21. The number of hydrogen-bond acceptors (Lipinski definition) is 1. The lowest BCUT2D eigenvalue weighted by Gasteiger charge is -2.30. The van der Waals surface area contributed by atoms with E-state index in [1.165, 1.54) is 18.2 Å². The van der Waals surface area contributed by atoms with E-state index in [0.717, 1.165) is 12.1 Å². The molecule has 0 saturated carbocycles. The van der Waals surface area contributed by atoms with Gasteiger partial charge in [-0.1, -0.05) is 30.3 Å². The fourth-order valence-corrected chi connectivity index (χ4v) is 3.42. The molecular formula is C19H6F8O. The highest BCUT2D eigenvalue weighted by Gasteiger charge is 2.56. The Labute approximate surface area is 151 Å². The summed E-state index contributed by atoms with van der Waals surface area (Å²) < 4.78 is 115. The summed E-state index contributed by atoms with van der Waals surface area (Å²) >= 11 is 0. The molecule has 0 radical (unpaired) electrons. The minimum atomic E-state index is -3.70. The Morgan fingerprint density at radius 2 is 1.21 bits per heavy atom. The predicted molar refractivity (Wildman–Crippen MR) is 82.3 cm³/mol. The van der Waals surface area contributed by atoms with Crippen LogP contribution in [0.15, 0.2) is 53.4 Å². The summed E-state index contributed by atoms with van der Waals surface area (Å²) in [5.74, 6) is -17.6. The van der Waals surface area contributed by atoms with Crippen molar-refractivity contribution in [3.63, 3.8) is 0 Å². The van der Waals surface area contributed by atoms with Gasteiger partial charge in [-0.2, -0.15) is 0 Å². The number of alkyl halides is 1. The van der Waals surface area contributed by atoms with Crippen molar-refractivity contribution in [1.29, 1.82) is 0 Å². The summed E-state index contributed by atoms with van der Waals surface area (Å²) in [4.78, 5) is 0. The molecule has 1 N–H and O–H groups in total. The Hall–Kier alpha value is -3.10. The maximum Gasteiger partial charge on any atom is 0.219 e. The number of allylic oxidation sites excluding steroid dienone is 5. The maximum atomic E-state index is 15.8. The Kier molecular flexibility index (Phi) is 3.72. The molecule has 2 aromatic rings. The van der Waals surface area contributed by atoms with Gasteiger partial charge in [0.2, 0.25) is 5.67 Å². The van der Waals surface area contributed by atoms with E-state index in [2.05, 4.69) is 0 Å². The summed E-state index contributed by atoms with van der Waals surface area (Å²) in [5.41, 5.74) is -10.1. The van der Waals surface area contributed by atoms with Crippen molar-refractivity contribution in [2.75, 3.05) is 0 Å². The van der Waals surface area contributed by atoms with Crippen molar-refractivity contribution in [3.05, 3.63) is 93.3 Å². The van der Waals surface area contributed by atoms with Gasteiger partial charge in [-0.15, -0.1) is 0 Å². The van der Waals surface area contributed by atoms with Gasteiger partial charge in [0.1, 0.15) is 5.76 Å². The number of aliphatic hydroxyl groups excluding tert-OH is 1. The molecule has 144 valence electrons. The highest BCUT2D eigenvalue weighted by atomic mass is 19.2. The second kappa shape index (κ2) is 5.70. The van der Waals surface area contributed by atoms with Gasteiger partial charge in [-0.25, -0.2) is 35.1 Å². The molecule has 2 aliphatic rings. The molecule has 2 aliphatic carbocycles. The van der Waals surface area contributed by atoms with Gasteiger partial charge in [0, 0.05) is 16.7 Å². The zero-order valence-electron chi connectivity index (χ0n) is 13.4. The fourth-order valence-electron chi connectivity index (χ4n) is 3.42. The molecule has 0 spiro atoms. The molecule has 1 atom stereocenters. The van der Waals surface area contributed by atoms with Crippen molar-refractivity contribution < 1.29 is 40.2 Å². The summed E-state index contributed by atoms with van der Waals surface area (Å²) in [6, 6.07) is 5.69. The van der Waals surface area contributed by atoms with Crippen LogP contribution in [-0.2, 0) is 5.67 Å². The standard InChI is InChI=1S/C19H6F8O/c20-11-7-8-10(17(28)9(7)13(22)15(24)14(11)23)19(27,6-4-2-1-3-5-6)18(26)16(25)12(8)21/h1-5,28H. The molecule has 0 bridgehead atoms. The second-order valence-electron chi connectivity index (χ2n) is 6.07. The minimum Gasteiger partial charge on any atom is -0.507 e. The Bertz CT molecular complexity index is 1150. The number of halogens is 8. The summed E-state index contributed by atoms with van der Waals surface area (Å²) in [6.07, 6.45) is 0. The van der Waals surface area contributed by atoms with Crippen molar-refractivity contribution in [2.24, 2.45) is 0 Å². The zero-order valence-corrected chi connectivity index (χ0v) is 13.4. The number of aliphatic hydroxyl groups is 1. The van der Waals surface area contributed by atoms with Crippen LogP contribution in [-0.4, -0.2) is 5.11 Å². The van der Waals surface area contributed by atoms with E-state index < -0.39 is 80.0 Å². The van der Waals surface area contributed by atoms with Crippen molar-refractivity contribution in [2.45, 2.75) is 5.67 Å². The number of benzene rings is 2. The molecular weight excluding hydrogens is 396 g/mol. The van der Waals surface area contributed by atoms with Crippen LogP contribution >= 0.6 is 0 Å². The van der Waals surface area contributed by atoms with E-state index in [4.69, 9.17) is 0 Å². The van der Waals surface area contributed by atoms with Crippen LogP contribution in [0.25, 0.3) is 11.3 Å². The van der Waals surface area contributed by atoms with Crippen LogP contribution in [0.1, 0.15) is 16.7 Å². The first-order valence-electron chi connectivity index (χ1n) is 7.65. The molecule has 0 saturated heterocycles. The maximum absolute atomic E-state index is 15.8. The van der Waals surface area contributed by atoms with Crippen LogP contribution in [0.3, 0.4) is 0 Å². The third kappa shape index (κ3) is 1.96. The molecule has 1 unspecified atom stereocenters. The second-order valence-corrected chi connectivity index (χ2v) is 6.07. The highest BCUT2D eigenvalue weighted by Crippen LogP contribution is 2.60. The Balaban J connectivity index is 2.19. The van der Waals surface area contributed by atoms with Crippen LogP contribution in [0.4, 0.5) is 35.1 Å². The largest absolute Gasteiger partial charge is 0.507 e. The van der Waals surface area contributed by atoms with E-state index in [1.807, 2.05) is 0 Å². The van der Waals surface area contributed by atoms with E-state index in [1.54, 1.807) is 0 Å². The van der Waals surface area contributed by atoms with Gasteiger partial charge >= 0.3 is 0 Å². The number of fused-ring (bicyclic) bond motifs is 3. The summed E-state index contributed by atoms with van der Waals surface area (Å²) in [7, 11) is 0. The fraction of sp³-hybridized carbons (Fsp3) is 0.0526. The van der Waals surface area contributed by atoms with Gasteiger partial charge in [0.15, 0.2) is 40.7 Å². The molecule has 0 aromatic heterocycles. The van der Waals surface area contributed by atoms with Crippen molar-refractivity contribution in [3.8, 4) is 0 Å². The first kappa shape index (κ1) is 18.3. The molecule has 0 amide bonds. The number of rotatable bonds is 1. The smallest absolute Gasteiger partial charge is 0.219 e. The first-order chi connectivity index (χ1) is 13.1. The summed E-state index contributed by atoms with van der Waals surface area (Å²) in [5, 5.41) is 10.2. The Morgan fingerprint density at radius 3 is 1.79 bits per heavy atom.